The molecule has 7 nitrogen and oxygen atoms in total. The van der Waals surface area contributed by atoms with Crippen molar-refractivity contribution in [3.05, 3.63) is 0 Å². The lowest BCUT2D eigenvalue weighted by molar-refractivity contribution is 0.573. The number of hydrogen-bond acceptors (Lipinski definition) is 6. The Kier molecular flexibility index (Phi) is 6.31. The molecule has 0 saturated heterocycles. The first-order valence-electron chi connectivity index (χ1n) is 6.84. The van der Waals surface area contributed by atoms with Crippen molar-refractivity contribution in [1.29, 1.82) is 9.56 Å². The average molecular weight is 375 g/mol. The molecule has 0 aliphatic carbocycles. The van der Waals surface area contributed by atoms with Crippen LogP contribution in [0.1, 0.15) is 41.5 Å². The van der Waals surface area contributed by atoms with E-state index in [0.29, 0.717) is 0 Å². The van der Waals surface area contributed by atoms with Crippen molar-refractivity contribution in [2.75, 3.05) is 19.1 Å². The van der Waals surface area contributed by atoms with E-state index in [-0.39, 0.29) is 5.75 Å². The second-order valence-electron chi connectivity index (χ2n) is 6.83. The smallest absolute Gasteiger partial charge is 0.109 e. The molecule has 0 aromatic rings. The summed E-state index contributed by atoms with van der Waals surface area (Å²) in [4.78, 5) is -1.22. The Morgan fingerprint density at radius 1 is 1.09 bits per heavy atom. The van der Waals surface area contributed by atoms with Gasteiger partial charge in [0.1, 0.15) is 14.8 Å². The highest BCUT2D eigenvalue weighted by Crippen LogP contribution is 2.27. The lowest BCUT2D eigenvalue weighted by Crippen LogP contribution is -2.54. The summed E-state index contributed by atoms with van der Waals surface area (Å²) in [6, 6.07) is 0. The van der Waals surface area contributed by atoms with Crippen LogP contribution in [-0.4, -0.2) is 46.6 Å². The van der Waals surface area contributed by atoms with Crippen LogP contribution < -0.4 is 4.72 Å². The maximum atomic E-state index is 13.3. The Balaban J connectivity index is 5.92. The average Bonchev–Trinajstić information content (AvgIpc) is 2.24. The molecular formula is C12H30N4O3S3. The van der Waals surface area contributed by atoms with E-state index >= 15 is 0 Å². The van der Waals surface area contributed by atoms with Gasteiger partial charge in [-0.3, -0.25) is 4.78 Å². The molecule has 3 unspecified atom stereocenters. The zero-order valence-corrected chi connectivity index (χ0v) is 17.1. The van der Waals surface area contributed by atoms with Gasteiger partial charge in [-0.05, 0) is 41.5 Å². The largest absolute Gasteiger partial charge is 0.253 e. The number of hydrogen-bond donors (Lipinski definition) is 3. The summed E-state index contributed by atoms with van der Waals surface area (Å²) in [6.45, 7) is 9.69. The highest BCUT2D eigenvalue weighted by atomic mass is 32.2. The van der Waals surface area contributed by atoms with Crippen LogP contribution in [0.15, 0.2) is 4.36 Å². The van der Waals surface area contributed by atoms with E-state index < -0.39 is 44.2 Å². The zero-order chi connectivity index (χ0) is 18.2. The second-order valence-corrected chi connectivity index (χ2v) is 14.9. The van der Waals surface area contributed by atoms with Gasteiger partial charge < -0.3 is 0 Å². The van der Waals surface area contributed by atoms with Crippen molar-refractivity contribution >= 4 is 29.4 Å². The third-order valence-corrected chi connectivity index (χ3v) is 11.9. The van der Waals surface area contributed by atoms with Gasteiger partial charge in [0.2, 0.25) is 0 Å². The maximum Gasteiger partial charge on any atom is 0.109 e. The van der Waals surface area contributed by atoms with Crippen LogP contribution in [0.3, 0.4) is 0 Å². The second kappa shape index (κ2) is 6.37. The summed E-state index contributed by atoms with van der Waals surface area (Å²) in [5.74, 6) is -0.0804. The first-order valence-corrected chi connectivity index (χ1v) is 12.1. The molecule has 0 saturated carbocycles. The van der Waals surface area contributed by atoms with Gasteiger partial charge in [-0.25, -0.2) is 26.5 Å². The topological polar surface area (TPSA) is 123 Å². The molecule has 134 valence electrons. The molecule has 3 N–H and O–H groups in total. The Morgan fingerprint density at radius 3 is 1.77 bits per heavy atom. The highest BCUT2D eigenvalue weighted by molar-refractivity contribution is 7.99. The molecule has 0 aliphatic heterocycles. The lowest BCUT2D eigenvalue weighted by atomic mass is 10.2. The number of rotatable bonds is 7. The molecular weight excluding hydrogens is 344 g/mol. The normalized spacial score (nSPS) is 21.7. The van der Waals surface area contributed by atoms with Crippen molar-refractivity contribution in [2.24, 2.45) is 4.36 Å². The first-order chi connectivity index (χ1) is 9.42. The Labute approximate surface area is 136 Å². The molecule has 0 fully saturated rings. The van der Waals surface area contributed by atoms with E-state index in [1.54, 1.807) is 41.5 Å². The summed E-state index contributed by atoms with van der Waals surface area (Å²) in [7, 11) is -7.70. The summed E-state index contributed by atoms with van der Waals surface area (Å²) in [5, 5.41) is -0.452. The molecule has 0 heterocycles. The van der Waals surface area contributed by atoms with Crippen molar-refractivity contribution in [1.82, 2.24) is 4.72 Å². The third-order valence-electron chi connectivity index (χ3n) is 3.75. The van der Waals surface area contributed by atoms with Gasteiger partial charge in [-0.1, -0.05) is 0 Å². The number of nitrogens with zero attached hydrogens (tertiary/aromatic N) is 1. The van der Waals surface area contributed by atoms with Crippen LogP contribution >= 0.6 is 0 Å². The van der Waals surface area contributed by atoms with E-state index in [0.717, 1.165) is 0 Å². The molecule has 0 aromatic heterocycles. The van der Waals surface area contributed by atoms with Crippen molar-refractivity contribution < 1.29 is 12.6 Å². The Morgan fingerprint density at radius 2 is 1.50 bits per heavy atom. The third kappa shape index (κ3) is 4.65. The standard InChI is InChI=1S/C12H30N4O3S3/c1-10(2)22(14,19)16-12(5,6)21(18,15-7)9-11(3,4)20(8,13)17/h10,13H,9H2,1-8H3,(H2,14,16,19). The quantitative estimate of drug-likeness (QED) is 0.633. The van der Waals surface area contributed by atoms with E-state index in [1.165, 1.54) is 13.3 Å². The maximum absolute atomic E-state index is 13.3. The minimum Gasteiger partial charge on any atom is -0.253 e. The van der Waals surface area contributed by atoms with E-state index in [1.807, 2.05) is 0 Å². The molecule has 0 amide bonds. The van der Waals surface area contributed by atoms with Crippen molar-refractivity contribution in [3.8, 4) is 0 Å². The van der Waals surface area contributed by atoms with E-state index in [9.17, 15) is 12.6 Å². The molecule has 3 atom stereocenters. The summed E-state index contributed by atoms with van der Waals surface area (Å²) >= 11 is 0. The van der Waals surface area contributed by atoms with Gasteiger partial charge in [-0.2, -0.15) is 0 Å². The van der Waals surface area contributed by atoms with E-state index in [4.69, 9.17) is 9.56 Å². The SMILES string of the molecule is CN=S(=O)(CC(C)(C)S(C)(=N)=O)C(C)(C)NS(=N)(=O)C(C)C. The molecule has 0 rings (SSSR count). The van der Waals surface area contributed by atoms with Gasteiger partial charge in [-0.15, -0.1) is 0 Å². The van der Waals surface area contributed by atoms with Gasteiger partial charge >= 0.3 is 0 Å². The van der Waals surface area contributed by atoms with Gasteiger partial charge in [0.25, 0.3) is 0 Å². The predicted octanol–water partition coefficient (Wildman–Crippen LogP) is 2.24. The minimum absolute atomic E-state index is 0.0804. The minimum atomic E-state index is -3.15. The summed E-state index contributed by atoms with van der Waals surface area (Å²) < 4.78 is 59.0. The van der Waals surface area contributed by atoms with Crippen LogP contribution in [-0.2, 0) is 29.4 Å². The van der Waals surface area contributed by atoms with Crippen LogP contribution in [0, 0.1) is 9.56 Å². The van der Waals surface area contributed by atoms with Crippen molar-refractivity contribution in [3.63, 3.8) is 0 Å². The number of nitrogens with one attached hydrogen (secondary N) is 3. The molecule has 0 aliphatic rings. The lowest BCUT2D eigenvalue weighted by Gasteiger charge is -2.36. The summed E-state index contributed by atoms with van der Waals surface area (Å²) in [6.07, 6.45) is 1.31. The Hall–Kier alpha value is -0.190. The van der Waals surface area contributed by atoms with Crippen LogP contribution in [0.4, 0.5) is 0 Å². The van der Waals surface area contributed by atoms with Crippen LogP contribution in [0.2, 0.25) is 0 Å². The molecule has 22 heavy (non-hydrogen) atoms. The van der Waals surface area contributed by atoms with Crippen LogP contribution in [0.25, 0.3) is 0 Å². The van der Waals surface area contributed by atoms with Crippen molar-refractivity contribution in [2.45, 2.75) is 56.4 Å². The fourth-order valence-corrected chi connectivity index (χ4v) is 6.73. The fourth-order valence-electron chi connectivity index (χ4n) is 1.60. The summed E-state index contributed by atoms with van der Waals surface area (Å²) in [5.41, 5.74) is 0. The van der Waals surface area contributed by atoms with Crippen LogP contribution in [0.5, 0.6) is 0 Å². The van der Waals surface area contributed by atoms with Gasteiger partial charge in [0.15, 0.2) is 0 Å². The highest BCUT2D eigenvalue weighted by Gasteiger charge is 2.41. The zero-order valence-electron chi connectivity index (χ0n) is 14.7. The van der Waals surface area contributed by atoms with Gasteiger partial charge in [0, 0.05) is 23.0 Å². The molecule has 0 radical (unpaired) electrons. The molecule has 0 aromatic carbocycles. The Bertz CT molecular complexity index is 726. The van der Waals surface area contributed by atoms with Gasteiger partial charge in [0.05, 0.1) is 25.5 Å². The molecule has 10 heteroatoms. The predicted molar refractivity (Wildman–Crippen MR) is 95.4 cm³/mol. The molecule has 0 spiro atoms. The monoisotopic (exact) mass is 374 g/mol. The first kappa shape index (κ1) is 21.8. The van der Waals surface area contributed by atoms with E-state index in [2.05, 4.69) is 9.08 Å². The molecule has 0 bridgehead atoms. The fraction of sp³-hybridized carbons (Fsp3) is 1.00.